The second-order valence-corrected chi connectivity index (χ2v) is 6.82. The Kier molecular flexibility index (Phi) is 4.82. The molecule has 25 heavy (non-hydrogen) atoms. The van der Waals surface area contributed by atoms with E-state index in [2.05, 4.69) is 0 Å². The zero-order valence-corrected chi connectivity index (χ0v) is 15.4. The first-order valence-electron chi connectivity index (χ1n) is 8.34. The maximum absolute atomic E-state index is 12.9. The lowest BCUT2D eigenvalue weighted by molar-refractivity contribution is -0.124. The summed E-state index contributed by atoms with van der Waals surface area (Å²) in [5, 5.41) is 0.635. The molecule has 2 amide bonds. The van der Waals surface area contributed by atoms with Gasteiger partial charge < -0.3 is 9.80 Å². The van der Waals surface area contributed by atoms with E-state index in [4.69, 9.17) is 11.6 Å². The first-order chi connectivity index (χ1) is 11.9. The van der Waals surface area contributed by atoms with Gasteiger partial charge >= 0.3 is 0 Å². The van der Waals surface area contributed by atoms with E-state index in [1.54, 1.807) is 16.7 Å². The maximum atomic E-state index is 12.9. The number of anilines is 1. The second kappa shape index (κ2) is 6.89. The summed E-state index contributed by atoms with van der Waals surface area (Å²) in [6, 6.07) is 12.5. The van der Waals surface area contributed by atoms with E-state index >= 15 is 0 Å². The van der Waals surface area contributed by atoms with Gasteiger partial charge in [0.25, 0.3) is 5.91 Å². The molecule has 1 heterocycles. The van der Waals surface area contributed by atoms with Gasteiger partial charge in [0.15, 0.2) is 0 Å². The van der Waals surface area contributed by atoms with Crippen molar-refractivity contribution in [2.24, 2.45) is 0 Å². The van der Waals surface area contributed by atoms with E-state index in [-0.39, 0.29) is 11.8 Å². The minimum absolute atomic E-state index is 0.0860. The van der Waals surface area contributed by atoms with Crippen molar-refractivity contribution >= 4 is 29.1 Å². The second-order valence-electron chi connectivity index (χ2n) is 6.41. The fourth-order valence-electron chi connectivity index (χ4n) is 3.14. The first kappa shape index (κ1) is 17.5. The molecule has 2 aromatic rings. The van der Waals surface area contributed by atoms with E-state index in [9.17, 15) is 9.59 Å². The number of piperazine rings is 1. The van der Waals surface area contributed by atoms with Crippen LogP contribution >= 0.6 is 11.6 Å². The average molecular weight is 357 g/mol. The third kappa shape index (κ3) is 3.27. The summed E-state index contributed by atoms with van der Waals surface area (Å²) in [4.78, 5) is 29.0. The van der Waals surface area contributed by atoms with Gasteiger partial charge in [-0.25, -0.2) is 0 Å². The average Bonchev–Trinajstić information content (AvgIpc) is 2.60. The molecule has 1 saturated heterocycles. The standard InChI is InChI=1S/C20H21ClN2O2/c1-13-7-9-16(10-8-13)20(25)22-11-12-23(19(24)15(22)3)18-6-4-5-17(21)14(18)2/h4-10,15H,11-12H2,1-3H3. The lowest BCUT2D eigenvalue weighted by atomic mass is 10.1. The molecule has 3 rings (SSSR count). The molecule has 2 aromatic carbocycles. The number of hydrogen-bond acceptors (Lipinski definition) is 2. The van der Waals surface area contributed by atoms with Crippen LogP contribution in [0.2, 0.25) is 5.02 Å². The number of carbonyl (C=O) groups excluding carboxylic acids is 2. The van der Waals surface area contributed by atoms with Crippen molar-refractivity contribution in [3.63, 3.8) is 0 Å². The van der Waals surface area contributed by atoms with Gasteiger partial charge in [-0.1, -0.05) is 35.4 Å². The molecular formula is C20H21ClN2O2. The lowest BCUT2D eigenvalue weighted by Gasteiger charge is -2.39. The Morgan fingerprint density at radius 1 is 1.08 bits per heavy atom. The molecule has 0 aliphatic carbocycles. The van der Waals surface area contributed by atoms with Crippen molar-refractivity contribution in [3.8, 4) is 0 Å². The molecule has 1 unspecified atom stereocenters. The SMILES string of the molecule is Cc1ccc(C(=O)N2CCN(c3cccc(Cl)c3C)C(=O)C2C)cc1. The quantitative estimate of drug-likeness (QED) is 0.820. The number of halogens is 1. The van der Waals surface area contributed by atoms with Crippen LogP contribution < -0.4 is 4.90 Å². The summed E-state index contributed by atoms with van der Waals surface area (Å²) in [5.74, 6) is -0.194. The number of aryl methyl sites for hydroxylation is 1. The Hall–Kier alpha value is -2.33. The number of rotatable bonds is 2. The van der Waals surface area contributed by atoms with Crippen LogP contribution in [0.15, 0.2) is 42.5 Å². The zero-order chi connectivity index (χ0) is 18.1. The van der Waals surface area contributed by atoms with Gasteiger partial charge in [-0.3, -0.25) is 9.59 Å². The Bertz CT molecular complexity index is 817. The van der Waals surface area contributed by atoms with E-state index in [0.717, 1.165) is 16.8 Å². The van der Waals surface area contributed by atoms with Crippen LogP contribution in [0.1, 0.15) is 28.4 Å². The van der Waals surface area contributed by atoms with E-state index in [1.165, 1.54) is 0 Å². The van der Waals surface area contributed by atoms with Gasteiger partial charge in [-0.05, 0) is 50.6 Å². The Labute approximate surface area is 153 Å². The Balaban J connectivity index is 1.83. The monoisotopic (exact) mass is 356 g/mol. The molecule has 0 spiro atoms. The minimum Gasteiger partial charge on any atom is -0.325 e. The highest BCUT2D eigenvalue weighted by Gasteiger charge is 2.35. The number of carbonyl (C=O) groups is 2. The summed E-state index contributed by atoms with van der Waals surface area (Å²) in [5.41, 5.74) is 3.40. The fourth-order valence-corrected chi connectivity index (χ4v) is 3.31. The van der Waals surface area contributed by atoms with Crippen LogP contribution in [-0.4, -0.2) is 35.8 Å². The number of amides is 2. The fraction of sp³-hybridized carbons (Fsp3) is 0.300. The molecule has 1 aliphatic heterocycles. The molecule has 1 fully saturated rings. The molecule has 0 aromatic heterocycles. The summed E-state index contributed by atoms with van der Waals surface area (Å²) in [6.45, 7) is 6.61. The third-order valence-electron chi connectivity index (χ3n) is 4.74. The molecule has 130 valence electrons. The number of benzene rings is 2. The maximum Gasteiger partial charge on any atom is 0.254 e. The third-order valence-corrected chi connectivity index (χ3v) is 5.15. The smallest absolute Gasteiger partial charge is 0.254 e. The van der Waals surface area contributed by atoms with Crippen molar-refractivity contribution in [2.75, 3.05) is 18.0 Å². The predicted molar refractivity (Wildman–Crippen MR) is 100 cm³/mol. The minimum atomic E-state index is -0.513. The number of nitrogens with zero attached hydrogens (tertiary/aromatic N) is 2. The summed E-state index contributed by atoms with van der Waals surface area (Å²) in [7, 11) is 0. The van der Waals surface area contributed by atoms with E-state index < -0.39 is 6.04 Å². The highest BCUT2D eigenvalue weighted by molar-refractivity contribution is 6.31. The van der Waals surface area contributed by atoms with Crippen LogP contribution in [0.5, 0.6) is 0 Å². The molecule has 4 nitrogen and oxygen atoms in total. The lowest BCUT2D eigenvalue weighted by Crippen LogP contribution is -2.57. The molecule has 0 bridgehead atoms. The largest absolute Gasteiger partial charge is 0.325 e. The van der Waals surface area contributed by atoms with Gasteiger partial charge in [-0.15, -0.1) is 0 Å². The molecule has 1 atom stereocenters. The molecule has 0 saturated carbocycles. The zero-order valence-electron chi connectivity index (χ0n) is 14.6. The van der Waals surface area contributed by atoms with Crippen LogP contribution in [0, 0.1) is 13.8 Å². The van der Waals surface area contributed by atoms with Gasteiger partial charge in [0.1, 0.15) is 6.04 Å². The predicted octanol–water partition coefficient (Wildman–Crippen LogP) is 3.83. The normalized spacial score (nSPS) is 17.8. The number of hydrogen-bond donors (Lipinski definition) is 0. The van der Waals surface area contributed by atoms with Crippen molar-refractivity contribution in [1.82, 2.24) is 4.90 Å². The summed E-state index contributed by atoms with van der Waals surface area (Å²) in [6.07, 6.45) is 0. The molecule has 5 heteroatoms. The van der Waals surface area contributed by atoms with Crippen molar-refractivity contribution in [3.05, 3.63) is 64.2 Å². The van der Waals surface area contributed by atoms with Gasteiger partial charge in [0, 0.05) is 29.4 Å². The van der Waals surface area contributed by atoms with Crippen LogP contribution in [0.4, 0.5) is 5.69 Å². The van der Waals surface area contributed by atoms with Crippen LogP contribution in [-0.2, 0) is 4.79 Å². The van der Waals surface area contributed by atoms with Crippen LogP contribution in [0.25, 0.3) is 0 Å². The topological polar surface area (TPSA) is 40.6 Å². The van der Waals surface area contributed by atoms with Crippen molar-refractivity contribution in [2.45, 2.75) is 26.8 Å². The van der Waals surface area contributed by atoms with E-state index in [0.29, 0.717) is 23.7 Å². The van der Waals surface area contributed by atoms with Crippen molar-refractivity contribution < 1.29 is 9.59 Å². The highest BCUT2D eigenvalue weighted by Crippen LogP contribution is 2.29. The first-order valence-corrected chi connectivity index (χ1v) is 8.72. The van der Waals surface area contributed by atoms with Gasteiger partial charge in [0.05, 0.1) is 0 Å². The Morgan fingerprint density at radius 2 is 1.76 bits per heavy atom. The molecule has 0 radical (unpaired) electrons. The van der Waals surface area contributed by atoms with E-state index in [1.807, 2.05) is 56.3 Å². The highest BCUT2D eigenvalue weighted by atomic mass is 35.5. The van der Waals surface area contributed by atoms with Crippen LogP contribution in [0.3, 0.4) is 0 Å². The van der Waals surface area contributed by atoms with Gasteiger partial charge in [0.2, 0.25) is 5.91 Å². The molecular weight excluding hydrogens is 336 g/mol. The molecule has 1 aliphatic rings. The summed E-state index contributed by atoms with van der Waals surface area (Å²) < 4.78 is 0. The molecule has 0 N–H and O–H groups in total. The summed E-state index contributed by atoms with van der Waals surface area (Å²) >= 11 is 6.19. The Morgan fingerprint density at radius 3 is 2.44 bits per heavy atom. The van der Waals surface area contributed by atoms with Gasteiger partial charge in [-0.2, -0.15) is 0 Å². The van der Waals surface area contributed by atoms with Crippen molar-refractivity contribution in [1.29, 1.82) is 0 Å².